The lowest BCUT2D eigenvalue weighted by molar-refractivity contribution is -0.0285. The van der Waals surface area contributed by atoms with Gasteiger partial charge in [-0.1, -0.05) is 59.6 Å². The molecule has 0 amide bonds. The lowest BCUT2D eigenvalue weighted by Crippen LogP contribution is -2.55. The Hall–Kier alpha value is -1.10. The zero-order valence-electron chi connectivity index (χ0n) is 14.8. The van der Waals surface area contributed by atoms with E-state index in [9.17, 15) is 0 Å². The van der Waals surface area contributed by atoms with Crippen LogP contribution in [0.5, 0.6) is 0 Å². The number of aryl methyl sites for hydroxylation is 1. The molecule has 2 aromatic carbocycles. The van der Waals surface area contributed by atoms with Crippen LogP contribution in [-0.2, 0) is 16.7 Å². The van der Waals surface area contributed by atoms with Crippen molar-refractivity contribution in [2.45, 2.75) is 23.9 Å². The number of hydrogen-bond acceptors (Lipinski definition) is 3. The van der Waals surface area contributed by atoms with Gasteiger partial charge in [0.2, 0.25) is 0 Å². The quantitative estimate of drug-likeness (QED) is 0.768. The number of nitrogens with one attached hydrogen (secondary N) is 1. The van der Waals surface area contributed by atoms with Crippen LogP contribution in [0.3, 0.4) is 0 Å². The number of halogens is 2. The average molecular weight is 391 g/mol. The van der Waals surface area contributed by atoms with Crippen molar-refractivity contribution in [3.8, 4) is 0 Å². The Kier molecular flexibility index (Phi) is 5.53. The molecule has 4 rings (SSSR count). The number of piperazine rings is 1. The maximum atomic E-state index is 6.57. The lowest BCUT2D eigenvalue weighted by Gasteiger charge is -2.44. The van der Waals surface area contributed by atoms with E-state index in [-0.39, 0.29) is 5.54 Å². The summed E-state index contributed by atoms with van der Waals surface area (Å²) in [5.74, 6) is 0. The van der Waals surface area contributed by atoms with E-state index in [0.717, 1.165) is 44.6 Å². The highest BCUT2D eigenvalue weighted by molar-refractivity contribution is 6.30. The van der Waals surface area contributed by atoms with Crippen molar-refractivity contribution in [1.29, 1.82) is 0 Å². The topological polar surface area (TPSA) is 24.5 Å². The third kappa shape index (κ3) is 3.51. The van der Waals surface area contributed by atoms with Gasteiger partial charge in [-0.25, -0.2) is 0 Å². The van der Waals surface area contributed by atoms with Crippen molar-refractivity contribution >= 4 is 23.2 Å². The van der Waals surface area contributed by atoms with Crippen molar-refractivity contribution < 1.29 is 4.74 Å². The fourth-order valence-electron chi connectivity index (χ4n) is 4.29. The smallest absolute Gasteiger partial charge is 0.156 e. The molecule has 138 valence electrons. The number of hydrogen-bond donors (Lipinski definition) is 1. The molecule has 1 N–H and O–H groups in total. The highest BCUT2D eigenvalue weighted by Crippen LogP contribution is 2.43. The minimum atomic E-state index is -0.499. The summed E-state index contributed by atoms with van der Waals surface area (Å²) in [6.07, 6.45) is 2.17. The molecule has 1 heterocycles. The first-order valence-corrected chi connectivity index (χ1v) is 10.1. The predicted molar refractivity (Wildman–Crippen MR) is 107 cm³/mol. The fraction of sp³-hybridized carbons (Fsp3) is 0.429. The lowest BCUT2D eigenvalue weighted by atomic mass is 9.89. The molecule has 1 saturated heterocycles. The summed E-state index contributed by atoms with van der Waals surface area (Å²) in [6.45, 7) is 4.68. The Morgan fingerprint density at radius 1 is 1.12 bits per heavy atom. The van der Waals surface area contributed by atoms with E-state index in [1.807, 2.05) is 24.3 Å². The number of alkyl halides is 1. The number of fused-ring (bicyclic) bond motifs is 1. The molecule has 5 heteroatoms. The number of rotatable bonds is 5. The second-order valence-corrected chi connectivity index (χ2v) is 7.94. The zero-order valence-corrected chi connectivity index (χ0v) is 16.3. The summed E-state index contributed by atoms with van der Waals surface area (Å²) in [5, 5.41) is 4.13. The van der Waals surface area contributed by atoms with Gasteiger partial charge in [-0.2, -0.15) is 0 Å². The standard InChI is InChI=1S/C21H24Cl2N2O/c22-18-6-3-5-17(14-18)20(23)26-15-21(25-12-10-24-11-13-25)9-8-16-4-1-2-7-19(16)21/h1-7,14,20,24H,8-13,15H2. The van der Waals surface area contributed by atoms with Gasteiger partial charge in [-0.3, -0.25) is 4.90 Å². The first-order chi connectivity index (χ1) is 12.7. The van der Waals surface area contributed by atoms with E-state index < -0.39 is 5.56 Å². The SMILES string of the molecule is Clc1cccc(C(Cl)OCC2(N3CCNCC3)CCc3ccccc32)c1. The molecule has 0 aromatic heterocycles. The third-order valence-corrected chi connectivity index (χ3v) is 6.24. The second kappa shape index (κ2) is 7.87. The minimum absolute atomic E-state index is 0.0928. The van der Waals surface area contributed by atoms with Crippen molar-refractivity contribution in [3.63, 3.8) is 0 Å². The van der Waals surface area contributed by atoms with Crippen LogP contribution in [0.25, 0.3) is 0 Å². The Morgan fingerprint density at radius 2 is 1.92 bits per heavy atom. The molecule has 3 nitrogen and oxygen atoms in total. The van der Waals surface area contributed by atoms with Gasteiger partial charge in [0.15, 0.2) is 5.56 Å². The predicted octanol–water partition coefficient (Wildman–Crippen LogP) is 4.34. The van der Waals surface area contributed by atoms with Crippen LogP contribution in [0.4, 0.5) is 0 Å². The molecule has 26 heavy (non-hydrogen) atoms. The molecule has 1 fully saturated rings. The van der Waals surface area contributed by atoms with Crippen LogP contribution in [0.2, 0.25) is 5.02 Å². The zero-order chi connectivity index (χ0) is 18.0. The molecule has 2 aromatic rings. The van der Waals surface area contributed by atoms with E-state index in [4.69, 9.17) is 27.9 Å². The minimum Gasteiger partial charge on any atom is -0.356 e. The van der Waals surface area contributed by atoms with Crippen LogP contribution in [0, 0.1) is 0 Å². The molecule has 0 bridgehead atoms. The average Bonchev–Trinajstić information content (AvgIpc) is 3.07. The molecular formula is C21H24Cl2N2O. The van der Waals surface area contributed by atoms with Crippen molar-refractivity contribution in [2.75, 3.05) is 32.8 Å². The molecule has 1 aliphatic heterocycles. The summed E-state index contributed by atoms with van der Waals surface area (Å²) in [7, 11) is 0. The molecule has 0 saturated carbocycles. The van der Waals surface area contributed by atoms with E-state index in [2.05, 4.69) is 34.5 Å². The van der Waals surface area contributed by atoms with Crippen LogP contribution < -0.4 is 5.32 Å². The molecule has 0 radical (unpaired) electrons. The van der Waals surface area contributed by atoms with Crippen LogP contribution >= 0.6 is 23.2 Å². The van der Waals surface area contributed by atoms with Crippen LogP contribution in [0.15, 0.2) is 48.5 Å². The molecule has 2 aliphatic rings. The summed E-state index contributed by atoms with van der Waals surface area (Å²) in [4.78, 5) is 2.58. The summed E-state index contributed by atoms with van der Waals surface area (Å²) < 4.78 is 6.23. The maximum absolute atomic E-state index is 6.57. The second-order valence-electron chi connectivity index (χ2n) is 7.11. The third-order valence-electron chi connectivity index (χ3n) is 5.63. The summed E-state index contributed by atoms with van der Waals surface area (Å²) in [6, 6.07) is 16.4. The fourth-order valence-corrected chi connectivity index (χ4v) is 4.68. The van der Waals surface area contributed by atoms with Gasteiger partial charge in [0, 0.05) is 31.2 Å². The largest absolute Gasteiger partial charge is 0.356 e. The van der Waals surface area contributed by atoms with Crippen molar-refractivity contribution in [1.82, 2.24) is 10.2 Å². The molecule has 2 unspecified atom stereocenters. The van der Waals surface area contributed by atoms with E-state index >= 15 is 0 Å². The normalized spacial score (nSPS) is 24.4. The Labute approximate surface area is 165 Å². The van der Waals surface area contributed by atoms with Crippen LogP contribution in [0.1, 0.15) is 28.7 Å². The Morgan fingerprint density at radius 3 is 2.73 bits per heavy atom. The number of ether oxygens (including phenoxy) is 1. The van der Waals surface area contributed by atoms with E-state index in [1.54, 1.807) is 0 Å². The monoisotopic (exact) mass is 390 g/mol. The maximum Gasteiger partial charge on any atom is 0.156 e. The first-order valence-electron chi connectivity index (χ1n) is 9.24. The Bertz CT molecular complexity index is 763. The Balaban J connectivity index is 1.58. The number of nitrogens with zero attached hydrogens (tertiary/aromatic N) is 1. The van der Waals surface area contributed by atoms with Crippen molar-refractivity contribution in [2.24, 2.45) is 0 Å². The van der Waals surface area contributed by atoms with Gasteiger partial charge in [-0.05, 0) is 41.7 Å². The van der Waals surface area contributed by atoms with E-state index in [0.29, 0.717) is 11.6 Å². The molecule has 1 aliphatic carbocycles. The first kappa shape index (κ1) is 18.3. The summed E-state index contributed by atoms with van der Waals surface area (Å²) in [5.41, 5.74) is 3.15. The van der Waals surface area contributed by atoms with Gasteiger partial charge in [0.25, 0.3) is 0 Å². The highest BCUT2D eigenvalue weighted by atomic mass is 35.5. The molecule has 2 atom stereocenters. The van der Waals surface area contributed by atoms with E-state index in [1.165, 1.54) is 11.1 Å². The van der Waals surface area contributed by atoms with Gasteiger partial charge in [0.05, 0.1) is 12.1 Å². The van der Waals surface area contributed by atoms with Gasteiger partial charge in [-0.15, -0.1) is 0 Å². The highest BCUT2D eigenvalue weighted by Gasteiger charge is 2.44. The summed E-state index contributed by atoms with van der Waals surface area (Å²) >= 11 is 12.7. The van der Waals surface area contributed by atoms with Crippen LogP contribution in [-0.4, -0.2) is 37.7 Å². The molecular weight excluding hydrogens is 367 g/mol. The number of benzene rings is 2. The molecule has 0 spiro atoms. The van der Waals surface area contributed by atoms with Crippen molar-refractivity contribution in [3.05, 3.63) is 70.2 Å². The van der Waals surface area contributed by atoms with Gasteiger partial charge in [0.1, 0.15) is 0 Å². The van der Waals surface area contributed by atoms with Gasteiger partial charge < -0.3 is 10.1 Å². The van der Waals surface area contributed by atoms with Gasteiger partial charge >= 0.3 is 0 Å².